The lowest BCUT2D eigenvalue weighted by molar-refractivity contribution is -0.116. The lowest BCUT2D eigenvalue weighted by atomic mass is 10.2. The fourth-order valence-electron chi connectivity index (χ4n) is 2.10. The highest BCUT2D eigenvalue weighted by molar-refractivity contribution is 6.30. The van der Waals surface area contributed by atoms with Crippen molar-refractivity contribution < 1.29 is 9.53 Å². The van der Waals surface area contributed by atoms with Gasteiger partial charge in [0.15, 0.2) is 0 Å². The number of morpholine rings is 1. The standard InChI is InChI=1S/C12H18ClN5O2/c1-17-2-3-20-10(6-17)7-18(8-11(14)19)12-15-4-9(13)5-16-12/h4-5,10H,2-3,6-8H2,1H3,(H2,14,19)/t10-/m0/s1. The Bertz CT molecular complexity index is 456. The zero-order chi connectivity index (χ0) is 14.5. The van der Waals surface area contributed by atoms with Crippen molar-refractivity contribution in [3.05, 3.63) is 17.4 Å². The van der Waals surface area contributed by atoms with E-state index in [0.29, 0.717) is 24.1 Å². The van der Waals surface area contributed by atoms with Gasteiger partial charge in [-0.1, -0.05) is 11.6 Å². The molecule has 1 aromatic rings. The Morgan fingerprint density at radius 1 is 1.60 bits per heavy atom. The SMILES string of the molecule is CN1CCO[C@H](CN(CC(N)=O)c2ncc(Cl)cn2)C1. The Morgan fingerprint density at radius 2 is 2.30 bits per heavy atom. The number of hydrogen-bond donors (Lipinski definition) is 1. The Kier molecular flexibility index (Phi) is 5.11. The quantitative estimate of drug-likeness (QED) is 0.807. The molecule has 20 heavy (non-hydrogen) atoms. The van der Waals surface area contributed by atoms with Gasteiger partial charge in [-0.15, -0.1) is 0 Å². The average molecular weight is 300 g/mol. The van der Waals surface area contributed by atoms with Gasteiger partial charge in [-0.3, -0.25) is 4.79 Å². The summed E-state index contributed by atoms with van der Waals surface area (Å²) in [5.74, 6) is -0.0160. The minimum absolute atomic E-state index is 0.00706. The Morgan fingerprint density at radius 3 is 2.90 bits per heavy atom. The molecule has 0 saturated carbocycles. The van der Waals surface area contributed by atoms with Gasteiger partial charge in [0.2, 0.25) is 11.9 Å². The van der Waals surface area contributed by atoms with Crippen LogP contribution in [0, 0.1) is 0 Å². The number of nitrogens with two attached hydrogens (primary N) is 1. The number of primary amides is 1. The number of nitrogens with zero attached hydrogens (tertiary/aromatic N) is 4. The Labute approximate surface area is 122 Å². The topological polar surface area (TPSA) is 84.6 Å². The molecule has 1 aromatic heterocycles. The number of anilines is 1. The number of ether oxygens (including phenoxy) is 1. The number of rotatable bonds is 5. The highest BCUT2D eigenvalue weighted by atomic mass is 35.5. The summed E-state index contributed by atoms with van der Waals surface area (Å²) < 4.78 is 5.69. The molecule has 2 N–H and O–H groups in total. The molecule has 1 amide bonds. The van der Waals surface area contributed by atoms with Crippen LogP contribution in [-0.2, 0) is 9.53 Å². The molecule has 0 unspecified atom stereocenters. The van der Waals surface area contributed by atoms with Crippen LogP contribution in [0.4, 0.5) is 5.95 Å². The fraction of sp³-hybridized carbons (Fsp3) is 0.583. The van der Waals surface area contributed by atoms with Crippen LogP contribution in [0.25, 0.3) is 0 Å². The van der Waals surface area contributed by atoms with Crippen LogP contribution in [0.5, 0.6) is 0 Å². The van der Waals surface area contributed by atoms with Gasteiger partial charge < -0.3 is 20.3 Å². The molecule has 1 fully saturated rings. The summed E-state index contributed by atoms with van der Waals surface area (Å²) in [6.07, 6.45) is 2.98. The zero-order valence-corrected chi connectivity index (χ0v) is 12.1. The molecule has 1 aliphatic heterocycles. The van der Waals surface area contributed by atoms with Crippen molar-refractivity contribution >= 4 is 23.5 Å². The summed E-state index contributed by atoms with van der Waals surface area (Å²) in [5, 5.41) is 0.446. The molecule has 2 heterocycles. The molecular weight excluding hydrogens is 282 g/mol. The number of halogens is 1. The van der Waals surface area contributed by atoms with E-state index < -0.39 is 5.91 Å². The molecular formula is C12H18ClN5O2. The number of amides is 1. The van der Waals surface area contributed by atoms with Gasteiger partial charge in [0.05, 0.1) is 36.7 Å². The molecule has 8 heteroatoms. The van der Waals surface area contributed by atoms with E-state index in [4.69, 9.17) is 22.1 Å². The van der Waals surface area contributed by atoms with E-state index in [0.717, 1.165) is 13.1 Å². The molecule has 0 aliphatic carbocycles. The molecule has 0 radical (unpaired) electrons. The van der Waals surface area contributed by atoms with E-state index in [1.807, 2.05) is 7.05 Å². The summed E-state index contributed by atoms with van der Waals surface area (Å²) in [5.41, 5.74) is 5.28. The van der Waals surface area contributed by atoms with Crippen LogP contribution in [0.15, 0.2) is 12.4 Å². The molecule has 0 bridgehead atoms. The predicted octanol–water partition coefficient (Wildman–Crippen LogP) is -0.248. The summed E-state index contributed by atoms with van der Waals surface area (Å²) in [4.78, 5) is 23.3. The number of likely N-dealkylation sites (N-methyl/N-ethyl adjacent to an activating group) is 1. The van der Waals surface area contributed by atoms with Gasteiger partial charge in [-0.2, -0.15) is 0 Å². The molecule has 7 nitrogen and oxygen atoms in total. The third-order valence-electron chi connectivity index (χ3n) is 3.00. The number of carbonyl (C=O) groups is 1. The van der Waals surface area contributed by atoms with E-state index in [1.165, 1.54) is 12.4 Å². The first-order valence-electron chi connectivity index (χ1n) is 6.35. The van der Waals surface area contributed by atoms with Crippen molar-refractivity contribution in [2.24, 2.45) is 5.73 Å². The second-order valence-corrected chi connectivity index (χ2v) is 5.24. The van der Waals surface area contributed by atoms with Crippen LogP contribution < -0.4 is 10.6 Å². The molecule has 1 saturated heterocycles. The highest BCUT2D eigenvalue weighted by Gasteiger charge is 2.23. The Balaban J connectivity index is 2.06. The maximum atomic E-state index is 11.2. The van der Waals surface area contributed by atoms with Gasteiger partial charge in [-0.25, -0.2) is 9.97 Å². The van der Waals surface area contributed by atoms with E-state index in [2.05, 4.69) is 14.9 Å². The van der Waals surface area contributed by atoms with Gasteiger partial charge >= 0.3 is 0 Å². The normalized spacial score (nSPS) is 19.8. The first-order valence-corrected chi connectivity index (χ1v) is 6.73. The molecule has 1 aliphatic rings. The van der Waals surface area contributed by atoms with Gasteiger partial charge in [0, 0.05) is 19.6 Å². The second kappa shape index (κ2) is 6.83. The predicted molar refractivity (Wildman–Crippen MR) is 75.7 cm³/mol. The third kappa shape index (κ3) is 4.29. The second-order valence-electron chi connectivity index (χ2n) is 4.80. The van der Waals surface area contributed by atoms with Crippen molar-refractivity contribution in [2.45, 2.75) is 6.10 Å². The first kappa shape index (κ1) is 15.0. The molecule has 0 spiro atoms. The van der Waals surface area contributed by atoms with Crippen molar-refractivity contribution in [1.82, 2.24) is 14.9 Å². The number of hydrogen-bond acceptors (Lipinski definition) is 6. The van der Waals surface area contributed by atoms with Gasteiger partial charge in [-0.05, 0) is 7.05 Å². The average Bonchev–Trinajstić information content (AvgIpc) is 2.38. The minimum atomic E-state index is -0.437. The monoisotopic (exact) mass is 299 g/mol. The lowest BCUT2D eigenvalue weighted by Crippen LogP contribution is -2.48. The number of carbonyl (C=O) groups excluding carboxylic acids is 1. The molecule has 2 rings (SSSR count). The molecule has 0 aromatic carbocycles. The van der Waals surface area contributed by atoms with E-state index in [-0.39, 0.29) is 12.6 Å². The summed E-state index contributed by atoms with van der Waals surface area (Å²) >= 11 is 5.77. The summed E-state index contributed by atoms with van der Waals surface area (Å²) in [7, 11) is 2.03. The zero-order valence-electron chi connectivity index (χ0n) is 11.3. The lowest BCUT2D eigenvalue weighted by Gasteiger charge is -2.33. The first-order chi connectivity index (χ1) is 9.54. The fourth-order valence-corrected chi connectivity index (χ4v) is 2.19. The van der Waals surface area contributed by atoms with E-state index >= 15 is 0 Å². The van der Waals surface area contributed by atoms with Crippen molar-refractivity contribution in [1.29, 1.82) is 0 Å². The van der Waals surface area contributed by atoms with Crippen LogP contribution in [-0.4, -0.2) is 66.7 Å². The minimum Gasteiger partial charge on any atom is -0.374 e. The summed E-state index contributed by atoms with van der Waals surface area (Å²) in [6.45, 7) is 2.93. The van der Waals surface area contributed by atoms with Crippen molar-refractivity contribution in [3.63, 3.8) is 0 Å². The van der Waals surface area contributed by atoms with Gasteiger partial charge in [0.1, 0.15) is 0 Å². The van der Waals surface area contributed by atoms with Crippen LogP contribution >= 0.6 is 11.6 Å². The maximum absolute atomic E-state index is 11.2. The summed E-state index contributed by atoms with van der Waals surface area (Å²) in [6, 6.07) is 0. The van der Waals surface area contributed by atoms with E-state index in [1.54, 1.807) is 4.90 Å². The highest BCUT2D eigenvalue weighted by Crippen LogP contribution is 2.13. The Hall–Kier alpha value is -1.44. The van der Waals surface area contributed by atoms with Crippen LogP contribution in [0.2, 0.25) is 5.02 Å². The van der Waals surface area contributed by atoms with Crippen molar-refractivity contribution in [2.75, 3.05) is 44.7 Å². The van der Waals surface area contributed by atoms with Crippen LogP contribution in [0.1, 0.15) is 0 Å². The smallest absolute Gasteiger partial charge is 0.237 e. The van der Waals surface area contributed by atoms with Crippen molar-refractivity contribution in [3.8, 4) is 0 Å². The van der Waals surface area contributed by atoms with Gasteiger partial charge in [0.25, 0.3) is 0 Å². The molecule has 110 valence electrons. The number of aromatic nitrogens is 2. The van der Waals surface area contributed by atoms with E-state index in [9.17, 15) is 4.79 Å². The molecule has 1 atom stereocenters. The largest absolute Gasteiger partial charge is 0.374 e. The van der Waals surface area contributed by atoms with Crippen LogP contribution in [0.3, 0.4) is 0 Å². The third-order valence-corrected chi connectivity index (χ3v) is 3.20. The maximum Gasteiger partial charge on any atom is 0.237 e.